The Balaban J connectivity index is 2.57. The van der Waals surface area contributed by atoms with Gasteiger partial charge in [-0.1, -0.05) is 24.3 Å². The minimum absolute atomic E-state index is 0.0275. The number of ether oxygens (including phenoxy) is 1. The number of sulfonamides is 1. The second-order valence-electron chi connectivity index (χ2n) is 4.72. The van der Waals surface area contributed by atoms with Crippen molar-refractivity contribution in [3.8, 4) is 5.75 Å². The van der Waals surface area contributed by atoms with E-state index >= 15 is 0 Å². The number of rotatable bonds is 6. The van der Waals surface area contributed by atoms with E-state index in [4.69, 9.17) is 9.84 Å². The quantitative estimate of drug-likeness (QED) is 0.848. The number of benzene rings is 2. The van der Waals surface area contributed by atoms with Crippen LogP contribution < -0.4 is 9.46 Å². The van der Waals surface area contributed by atoms with Crippen molar-refractivity contribution in [2.45, 2.75) is 24.8 Å². The van der Waals surface area contributed by atoms with Gasteiger partial charge in [0.05, 0.1) is 11.5 Å². The standard InChI is InChI=1S/C15H17NO5S/c1-3-21-13-8-9-14(12-7-5-4-6-11(12)13)22(19,20)16-10(2)15(17)18/h4-10,16H,3H2,1-2H3,(H,17,18). The predicted molar refractivity (Wildman–Crippen MR) is 82.5 cm³/mol. The summed E-state index contributed by atoms with van der Waals surface area (Å²) in [4.78, 5) is 10.9. The fraction of sp³-hybridized carbons (Fsp3) is 0.267. The normalized spacial score (nSPS) is 13.0. The fourth-order valence-electron chi connectivity index (χ4n) is 2.11. The van der Waals surface area contributed by atoms with E-state index in [-0.39, 0.29) is 4.90 Å². The summed E-state index contributed by atoms with van der Waals surface area (Å²) >= 11 is 0. The third kappa shape index (κ3) is 3.20. The van der Waals surface area contributed by atoms with Gasteiger partial charge in [-0.15, -0.1) is 0 Å². The smallest absolute Gasteiger partial charge is 0.321 e. The molecule has 0 bridgehead atoms. The lowest BCUT2D eigenvalue weighted by atomic mass is 10.1. The molecule has 22 heavy (non-hydrogen) atoms. The Bertz CT molecular complexity index is 801. The molecule has 118 valence electrons. The van der Waals surface area contributed by atoms with Crippen molar-refractivity contribution < 1.29 is 23.1 Å². The third-order valence-corrected chi connectivity index (χ3v) is 4.73. The molecule has 2 aromatic carbocycles. The van der Waals surface area contributed by atoms with Crippen LogP contribution in [0.4, 0.5) is 0 Å². The van der Waals surface area contributed by atoms with Crippen molar-refractivity contribution >= 4 is 26.8 Å². The number of hydrogen-bond donors (Lipinski definition) is 2. The van der Waals surface area contributed by atoms with Crippen LogP contribution >= 0.6 is 0 Å². The zero-order valence-corrected chi connectivity index (χ0v) is 13.1. The largest absolute Gasteiger partial charge is 0.493 e. The molecule has 0 amide bonds. The second kappa shape index (κ2) is 6.33. The highest BCUT2D eigenvalue weighted by Gasteiger charge is 2.24. The van der Waals surface area contributed by atoms with Crippen LogP contribution in [0.5, 0.6) is 5.75 Å². The summed E-state index contributed by atoms with van der Waals surface area (Å²) in [6.45, 7) is 3.58. The van der Waals surface area contributed by atoms with Gasteiger partial charge >= 0.3 is 5.97 Å². The predicted octanol–water partition coefficient (Wildman–Crippen LogP) is 1.99. The summed E-state index contributed by atoms with van der Waals surface area (Å²) in [5.74, 6) is -0.651. The average Bonchev–Trinajstić information content (AvgIpc) is 2.47. The van der Waals surface area contributed by atoms with Gasteiger partial charge < -0.3 is 9.84 Å². The van der Waals surface area contributed by atoms with Crippen molar-refractivity contribution in [3.63, 3.8) is 0 Å². The van der Waals surface area contributed by atoms with Gasteiger partial charge in [0.1, 0.15) is 11.8 Å². The van der Waals surface area contributed by atoms with Gasteiger partial charge in [-0.25, -0.2) is 8.42 Å². The van der Waals surface area contributed by atoms with Gasteiger partial charge in [-0.05, 0) is 26.0 Å². The van der Waals surface area contributed by atoms with E-state index in [0.29, 0.717) is 23.1 Å². The minimum Gasteiger partial charge on any atom is -0.493 e. The lowest BCUT2D eigenvalue weighted by Gasteiger charge is -2.14. The Morgan fingerprint density at radius 2 is 1.86 bits per heavy atom. The minimum atomic E-state index is -3.95. The molecule has 0 aliphatic carbocycles. The molecule has 0 saturated carbocycles. The van der Waals surface area contributed by atoms with Crippen LogP contribution in [0.2, 0.25) is 0 Å². The Hall–Kier alpha value is -2.12. The van der Waals surface area contributed by atoms with Crippen molar-refractivity contribution in [3.05, 3.63) is 36.4 Å². The zero-order chi connectivity index (χ0) is 16.3. The van der Waals surface area contributed by atoms with E-state index in [1.54, 1.807) is 30.3 Å². The molecular weight excluding hydrogens is 306 g/mol. The number of nitrogens with one attached hydrogen (secondary N) is 1. The number of carbonyl (C=O) groups is 1. The van der Waals surface area contributed by atoms with Crippen LogP contribution in [0, 0.1) is 0 Å². The Kier molecular flexibility index (Phi) is 4.68. The van der Waals surface area contributed by atoms with Crippen LogP contribution in [-0.2, 0) is 14.8 Å². The van der Waals surface area contributed by atoms with Gasteiger partial charge in [0.15, 0.2) is 0 Å². The maximum absolute atomic E-state index is 12.4. The molecule has 1 unspecified atom stereocenters. The van der Waals surface area contributed by atoms with E-state index in [1.807, 2.05) is 6.92 Å². The Labute approximate surface area is 128 Å². The Morgan fingerprint density at radius 3 is 2.45 bits per heavy atom. The van der Waals surface area contributed by atoms with E-state index < -0.39 is 22.0 Å². The van der Waals surface area contributed by atoms with E-state index in [0.717, 1.165) is 0 Å². The molecule has 0 aliphatic rings. The SMILES string of the molecule is CCOc1ccc(S(=O)(=O)NC(C)C(=O)O)c2ccccc12. The van der Waals surface area contributed by atoms with Gasteiger partial charge in [0, 0.05) is 10.8 Å². The summed E-state index contributed by atoms with van der Waals surface area (Å²) in [6, 6.07) is 8.72. The fourth-order valence-corrected chi connectivity index (χ4v) is 3.51. The zero-order valence-electron chi connectivity index (χ0n) is 12.2. The van der Waals surface area contributed by atoms with Crippen LogP contribution in [-0.4, -0.2) is 32.1 Å². The molecular formula is C15H17NO5S. The highest BCUT2D eigenvalue weighted by atomic mass is 32.2. The van der Waals surface area contributed by atoms with E-state index in [9.17, 15) is 13.2 Å². The van der Waals surface area contributed by atoms with Gasteiger partial charge in [-0.3, -0.25) is 4.79 Å². The molecule has 6 nitrogen and oxygen atoms in total. The summed E-state index contributed by atoms with van der Waals surface area (Å²) in [5.41, 5.74) is 0. The van der Waals surface area contributed by atoms with Crippen LogP contribution in [0.15, 0.2) is 41.3 Å². The lowest BCUT2D eigenvalue weighted by molar-refractivity contribution is -0.138. The first kappa shape index (κ1) is 16.3. The highest BCUT2D eigenvalue weighted by molar-refractivity contribution is 7.89. The van der Waals surface area contributed by atoms with E-state index in [2.05, 4.69) is 4.72 Å². The molecule has 0 saturated heterocycles. The molecule has 0 aromatic heterocycles. The van der Waals surface area contributed by atoms with Gasteiger partial charge in [-0.2, -0.15) is 4.72 Å². The molecule has 0 fully saturated rings. The third-order valence-electron chi connectivity index (χ3n) is 3.14. The topological polar surface area (TPSA) is 92.7 Å². The maximum atomic E-state index is 12.4. The number of aliphatic carboxylic acids is 1. The summed E-state index contributed by atoms with van der Waals surface area (Å²) in [6.07, 6.45) is 0. The van der Waals surface area contributed by atoms with Gasteiger partial charge in [0.25, 0.3) is 0 Å². The molecule has 0 spiro atoms. The van der Waals surface area contributed by atoms with Gasteiger partial charge in [0.2, 0.25) is 10.0 Å². The first-order valence-electron chi connectivity index (χ1n) is 6.76. The summed E-state index contributed by atoms with van der Waals surface area (Å²) in [5, 5.41) is 10.0. The number of carboxylic acid groups (broad SMARTS) is 1. The monoisotopic (exact) mass is 323 g/mol. The van der Waals surface area contributed by atoms with Crippen molar-refractivity contribution in [1.82, 2.24) is 4.72 Å². The van der Waals surface area contributed by atoms with E-state index in [1.165, 1.54) is 13.0 Å². The molecule has 2 aromatic rings. The van der Waals surface area contributed by atoms with Crippen LogP contribution in [0.1, 0.15) is 13.8 Å². The first-order valence-corrected chi connectivity index (χ1v) is 8.25. The van der Waals surface area contributed by atoms with Crippen LogP contribution in [0.25, 0.3) is 10.8 Å². The summed E-state index contributed by atoms with van der Waals surface area (Å²) < 4.78 is 32.5. The molecule has 0 heterocycles. The highest BCUT2D eigenvalue weighted by Crippen LogP contribution is 2.31. The van der Waals surface area contributed by atoms with Crippen molar-refractivity contribution in [2.24, 2.45) is 0 Å². The number of hydrogen-bond acceptors (Lipinski definition) is 4. The van der Waals surface area contributed by atoms with Crippen molar-refractivity contribution in [1.29, 1.82) is 0 Å². The molecule has 2 N–H and O–H groups in total. The molecule has 2 rings (SSSR count). The van der Waals surface area contributed by atoms with Crippen LogP contribution in [0.3, 0.4) is 0 Å². The maximum Gasteiger partial charge on any atom is 0.321 e. The first-order chi connectivity index (χ1) is 10.4. The number of carboxylic acids is 1. The second-order valence-corrected chi connectivity index (χ2v) is 6.40. The Morgan fingerprint density at radius 1 is 1.23 bits per heavy atom. The van der Waals surface area contributed by atoms with Crippen molar-refractivity contribution in [2.75, 3.05) is 6.61 Å². The summed E-state index contributed by atoms with van der Waals surface area (Å²) in [7, 11) is -3.95. The molecule has 0 radical (unpaired) electrons. The molecule has 7 heteroatoms. The average molecular weight is 323 g/mol. The number of fused-ring (bicyclic) bond motifs is 1. The molecule has 0 aliphatic heterocycles. The molecule has 1 atom stereocenters. The lowest BCUT2D eigenvalue weighted by Crippen LogP contribution is -2.38.